The number of thiazole rings is 1. The molecule has 114 valence electrons. The third-order valence-corrected chi connectivity index (χ3v) is 4.26. The van der Waals surface area contributed by atoms with E-state index in [0.717, 1.165) is 23.7 Å². The van der Waals surface area contributed by atoms with Crippen LogP contribution in [0.15, 0.2) is 23.6 Å². The van der Waals surface area contributed by atoms with Gasteiger partial charge in [0.25, 0.3) is 0 Å². The van der Waals surface area contributed by atoms with Crippen LogP contribution in [0.1, 0.15) is 35.7 Å². The molecule has 0 bridgehead atoms. The Labute approximate surface area is 129 Å². The average molecular weight is 308 g/mol. The third-order valence-electron chi connectivity index (χ3n) is 3.27. The monoisotopic (exact) mass is 308 g/mol. The van der Waals surface area contributed by atoms with Gasteiger partial charge in [0.2, 0.25) is 0 Å². The van der Waals surface area contributed by atoms with Crippen LogP contribution < -0.4 is 10.1 Å². The van der Waals surface area contributed by atoms with E-state index in [-0.39, 0.29) is 11.9 Å². The Balaban J connectivity index is 2.22. The zero-order valence-electron chi connectivity index (χ0n) is 12.6. The van der Waals surface area contributed by atoms with Crippen LogP contribution >= 0.6 is 11.3 Å². The third kappa shape index (κ3) is 4.25. The van der Waals surface area contributed by atoms with E-state index in [0.29, 0.717) is 17.7 Å². The van der Waals surface area contributed by atoms with E-state index in [1.165, 1.54) is 6.07 Å². The quantitative estimate of drug-likeness (QED) is 0.843. The van der Waals surface area contributed by atoms with Gasteiger partial charge in [-0.3, -0.25) is 0 Å². The fraction of sp³-hybridized carbons (Fsp3) is 0.438. The highest BCUT2D eigenvalue weighted by atomic mass is 32.1. The number of hydrogen-bond acceptors (Lipinski definition) is 4. The number of aromatic nitrogens is 1. The van der Waals surface area contributed by atoms with Crippen LogP contribution in [0.3, 0.4) is 0 Å². The number of nitrogens with one attached hydrogen (secondary N) is 1. The van der Waals surface area contributed by atoms with Crippen LogP contribution in [0.4, 0.5) is 4.39 Å². The van der Waals surface area contributed by atoms with E-state index < -0.39 is 0 Å². The second-order valence-electron chi connectivity index (χ2n) is 4.98. The lowest BCUT2D eigenvalue weighted by atomic mass is 10.0. The standard InChI is InChI=1S/C16H21FN2OS/c1-4-7-18-15(9-16-19-11(2)10-21-16)13-6-5-12(20-3)8-14(13)17/h5-6,8,10,15,18H,4,7,9H2,1-3H3. The summed E-state index contributed by atoms with van der Waals surface area (Å²) < 4.78 is 19.3. The van der Waals surface area contributed by atoms with Crippen LogP contribution in [0.25, 0.3) is 0 Å². The number of nitrogens with zero attached hydrogens (tertiary/aromatic N) is 1. The molecule has 1 atom stereocenters. The van der Waals surface area contributed by atoms with Gasteiger partial charge in [-0.15, -0.1) is 11.3 Å². The Morgan fingerprint density at radius 1 is 1.43 bits per heavy atom. The van der Waals surface area contributed by atoms with Crippen molar-refractivity contribution >= 4 is 11.3 Å². The van der Waals surface area contributed by atoms with E-state index in [4.69, 9.17) is 4.74 Å². The first-order valence-corrected chi connectivity index (χ1v) is 7.99. The largest absolute Gasteiger partial charge is 0.497 e. The van der Waals surface area contributed by atoms with E-state index in [9.17, 15) is 4.39 Å². The number of ether oxygens (including phenoxy) is 1. The molecular weight excluding hydrogens is 287 g/mol. The maximum absolute atomic E-state index is 14.3. The number of aryl methyl sites for hydroxylation is 1. The summed E-state index contributed by atoms with van der Waals surface area (Å²) in [5.74, 6) is 0.298. The van der Waals surface area contributed by atoms with Gasteiger partial charge in [-0.1, -0.05) is 13.0 Å². The Hall–Kier alpha value is -1.46. The van der Waals surface area contributed by atoms with Crippen molar-refractivity contribution in [1.82, 2.24) is 10.3 Å². The van der Waals surface area contributed by atoms with Gasteiger partial charge >= 0.3 is 0 Å². The molecule has 0 aliphatic heterocycles. The zero-order chi connectivity index (χ0) is 15.2. The van der Waals surface area contributed by atoms with Crippen molar-refractivity contribution in [1.29, 1.82) is 0 Å². The molecule has 5 heteroatoms. The average Bonchev–Trinajstić information content (AvgIpc) is 2.88. The van der Waals surface area contributed by atoms with Gasteiger partial charge in [0.1, 0.15) is 11.6 Å². The normalized spacial score (nSPS) is 12.4. The molecule has 0 amide bonds. The minimum Gasteiger partial charge on any atom is -0.497 e. The predicted molar refractivity (Wildman–Crippen MR) is 84.5 cm³/mol. The molecule has 1 heterocycles. The number of methoxy groups -OCH3 is 1. The molecule has 0 aliphatic carbocycles. The van der Waals surface area contributed by atoms with Gasteiger partial charge in [0.05, 0.1) is 12.1 Å². The lowest BCUT2D eigenvalue weighted by Crippen LogP contribution is -2.25. The smallest absolute Gasteiger partial charge is 0.131 e. The molecule has 0 aliphatic rings. The minimum absolute atomic E-state index is 0.0681. The molecule has 1 unspecified atom stereocenters. The maximum atomic E-state index is 14.3. The van der Waals surface area contributed by atoms with Crippen molar-refractivity contribution in [2.45, 2.75) is 32.7 Å². The molecule has 0 saturated carbocycles. The van der Waals surface area contributed by atoms with Gasteiger partial charge in [0.15, 0.2) is 0 Å². The SMILES string of the molecule is CCCNC(Cc1nc(C)cs1)c1ccc(OC)cc1F. The van der Waals surface area contributed by atoms with E-state index in [1.54, 1.807) is 30.6 Å². The number of rotatable bonds is 7. The molecule has 3 nitrogen and oxygen atoms in total. The highest BCUT2D eigenvalue weighted by Crippen LogP contribution is 2.26. The molecule has 21 heavy (non-hydrogen) atoms. The van der Waals surface area contributed by atoms with Crippen molar-refractivity contribution in [2.24, 2.45) is 0 Å². The Morgan fingerprint density at radius 2 is 2.24 bits per heavy atom. The van der Waals surface area contributed by atoms with Gasteiger partial charge in [-0.05, 0) is 26.0 Å². The van der Waals surface area contributed by atoms with Crippen molar-refractivity contribution < 1.29 is 9.13 Å². The molecule has 0 radical (unpaired) electrons. The molecule has 2 rings (SSSR count). The molecule has 0 fully saturated rings. The van der Waals surface area contributed by atoms with Crippen LogP contribution in [-0.4, -0.2) is 18.6 Å². The highest BCUT2D eigenvalue weighted by molar-refractivity contribution is 7.09. The van der Waals surface area contributed by atoms with Crippen molar-refractivity contribution in [3.05, 3.63) is 45.7 Å². The number of hydrogen-bond donors (Lipinski definition) is 1. The summed E-state index contributed by atoms with van der Waals surface area (Å²) in [5, 5.41) is 6.46. The Bertz CT molecular complexity index is 585. The summed E-state index contributed by atoms with van der Waals surface area (Å²) in [5.41, 5.74) is 1.68. The van der Waals surface area contributed by atoms with Crippen LogP contribution in [0.5, 0.6) is 5.75 Å². The number of benzene rings is 1. The lowest BCUT2D eigenvalue weighted by molar-refractivity contribution is 0.409. The zero-order valence-corrected chi connectivity index (χ0v) is 13.5. The summed E-state index contributed by atoms with van der Waals surface area (Å²) in [7, 11) is 1.54. The highest BCUT2D eigenvalue weighted by Gasteiger charge is 2.18. The van der Waals surface area contributed by atoms with Crippen LogP contribution in [0.2, 0.25) is 0 Å². The van der Waals surface area contributed by atoms with Crippen molar-refractivity contribution in [3.63, 3.8) is 0 Å². The second-order valence-corrected chi connectivity index (χ2v) is 5.92. The second kappa shape index (κ2) is 7.52. The fourth-order valence-corrected chi connectivity index (χ4v) is 3.02. The summed E-state index contributed by atoms with van der Waals surface area (Å²) >= 11 is 1.62. The summed E-state index contributed by atoms with van der Waals surface area (Å²) in [6.07, 6.45) is 1.70. The molecule has 2 aromatic rings. The maximum Gasteiger partial charge on any atom is 0.131 e. The predicted octanol–water partition coefficient (Wildman–Crippen LogP) is 3.88. The molecular formula is C16H21FN2OS. The Morgan fingerprint density at radius 3 is 2.81 bits per heavy atom. The van der Waals surface area contributed by atoms with E-state index >= 15 is 0 Å². The first-order valence-electron chi connectivity index (χ1n) is 7.11. The Kier molecular flexibility index (Phi) is 5.70. The van der Waals surface area contributed by atoms with E-state index in [2.05, 4.69) is 17.2 Å². The fourth-order valence-electron chi connectivity index (χ4n) is 2.20. The van der Waals surface area contributed by atoms with Crippen LogP contribution in [0, 0.1) is 12.7 Å². The first-order chi connectivity index (χ1) is 10.1. The topological polar surface area (TPSA) is 34.2 Å². The molecule has 1 N–H and O–H groups in total. The minimum atomic E-state index is -0.240. The van der Waals surface area contributed by atoms with Gasteiger partial charge in [0, 0.05) is 35.2 Å². The van der Waals surface area contributed by atoms with Gasteiger partial charge in [-0.2, -0.15) is 0 Å². The van der Waals surface area contributed by atoms with E-state index in [1.807, 2.05) is 12.3 Å². The summed E-state index contributed by atoms with van der Waals surface area (Å²) in [4.78, 5) is 4.48. The molecule has 0 spiro atoms. The van der Waals surface area contributed by atoms with Crippen molar-refractivity contribution in [3.8, 4) is 5.75 Å². The van der Waals surface area contributed by atoms with Crippen molar-refractivity contribution in [2.75, 3.05) is 13.7 Å². The number of halogens is 1. The van der Waals surface area contributed by atoms with Gasteiger partial charge < -0.3 is 10.1 Å². The summed E-state index contributed by atoms with van der Waals surface area (Å²) in [6, 6.07) is 4.96. The molecule has 1 aromatic heterocycles. The molecule has 1 aromatic carbocycles. The van der Waals surface area contributed by atoms with Crippen LogP contribution in [-0.2, 0) is 6.42 Å². The first kappa shape index (κ1) is 15.9. The van der Waals surface area contributed by atoms with Gasteiger partial charge in [-0.25, -0.2) is 9.37 Å². The summed E-state index contributed by atoms with van der Waals surface area (Å²) in [6.45, 7) is 4.92. The lowest BCUT2D eigenvalue weighted by Gasteiger charge is -2.19. The molecule has 0 saturated heterocycles.